The molecule has 0 aliphatic carbocycles. The minimum atomic E-state index is 0.771. The van der Waals surface area contributed by atoms with E-state index in [0.29, 0.717) is 0 Å². The molecule has 0 saturated carbocycles. The van der Waals surface area contributed by atoms with E-state index >= 15 is 0 Å². The minimum Gasteiger partial charge on any atom is -0.377 e. The van der Waals surface area contributed by atoms with Crippen molar-refractivity contribution in [1.29, 1.82) is 0 Å². The van der Waals surface area contributed by atoms with E-state index in [9.17, 15) is 0 Å². The van der Waals surface area contributed by atoms with E-state index < -0.39 is 0 Å². The molecule has 570 valence electrons. The summed E-state index contributed by atoms with van der Waals surface area (Å²) in [4.78, 5) is 6.43. The van der Waals surface area contributed by atoms with Crippen molar-refractivity contribution in [3.8, 4) is 107 Å². The van der Waals surface area contributed by atoms with Gasteiger partial charge in [-0.3, -0.25) is 0 Å². The van der Waals surface area contributed by atoms with Crippen molar-refractivity contribution in [2.75, 3.05) is 57.0 Å². The van der Waals surface area contributed by atoms with Crippen LogP contribution in [0.4, 0.5) is 17.1 Å². The third-order valence-electron chi connectivity index (χ3n) is 22.6. The van der Waals surface area contributed by atoms with Crippen LogP contribution in [0.5, 0.6) is 0 Å². The highest BCUT2D eigenvalue weighted by Gasteiger charge is 2.14. The van der Waals surface area contributed by atoms with Gasteiger partial charge in [0.25, 0.3) is 0 Å². The molecule has 3 nitrogen and oxygen atoms in total. The molecule has 0 aliphatic heterocycles. The molecule has 0 spiro atoms. The van der Waals surface area contributed by atoms with E-state index in [2.05, 4.69) is 509 Å². The van der Waals surface area contributed by atoms with E-state index in [0.717, 1.165) is 198 Å². The molecule has 0 radical (unpaired) electrons. The van der Waals surface area contributed by atoms with Crippen LogP contribution in [0.2, 0.25) is 0 Å². The lowest BCUT2D eigenvalue weighted by molar-refractivity contribution is 1.14. The Balaban J connectivity index is 0.654. The van der Waals surface area contributed by atoms with Crippen LogP contribution < -0.4 is 14.7 Å². The molecule has 19 aromatic rings. The molecule has 0 saturated heterocycles. The molecule has 19 aromatic carbocycles. The summed E-state index contributed by atoms with van der Waals surface area (Å²) < 4.78 is 0. The molecule has 0 atom stereocenters. The summed E-state index contributed by atoms with van der Waals surface area (Å²) in [6.45, 7) is 0. The number of fused-ring (bicyclic) bond motifs is 9. The quantitative estimate of drug-likeness (QED) is 0.163. The first-order valence-corrected chi connectivity index (χ1v) is 41.0. The van der Waals surface area contributed by atoms with Crippen LogP contribution in [0.15, 0.2) is 346 Å². The van der Waals surface area contributed by atoms with Crippen LogP contribution in [0.3, 0.4) is 0 Å². The number of anilines is 3. The topological polar surface area (TPSA) is 9.72 Å². The molecular formula is C120H75N3. The molecule has 3 heteroatoms. The van der Waals surface area contributed by atoms with Crippen molar-refractivity contribution in [3.63, 3.8) is 0 Å². The van der Waals surface area contributed by atoms with Crippen LogP contribution >= 0.6 is 0 Å². The summed E-state index contributed by atoms with van der Waals surface area (Å²) in [5, 5.41) is 19.3. The van der Waals surface area contributed by atoms with Gasteiger partial charge in [0.15, 0.2) is 0 Å². The number of rotatable bonds is 3. The predicted octanol–water partition coefficient (Wildman–Crippen LogP) is 24.9. The highest BCUT2D eigenvalue weighted by atomic mass is 15.1. The predicted molar refractivity (Wildman–Crippen MR) is 519 cm³/mol. The average molecular weight is 1560 g/mol. The highest BCUT2D eigenvalue weighted by Crippen LogP contribution is 2.35. The SMILES string of the molecule is CN(C)c1cccc2c(C#Cc3cccc4c(C#Cc5cccc6c(C#Cc7cc(C#Cc8cccc9c(C#Cc%10cccc%11c(C#Cc%12cccc%13c(N(C)C)cccc%12%13)cccc%10%11)cccc89)cc(C#Cc8cccc9c(C#Cc%10cccc%11c(C#Cc%12cccc%13c(N(C)C)cccc%12%13)cccc%10%11)cccc89)c7)cccc56)cccc34)cccc12. The van der Waals surface area contributed by atoms with Gasteiger partial charge in [-0.1, -0.05) is 325 Å². The maximum Gasteiger partial charge on any atom is 0.0441 e. The molecule has 0 fully saturated rings. The van der Waals surface area contributed by atoms with Crippen molar-refractivity contribution in [2.45, 2.75) is 0 Å². The lowest BCUT2D eigenvalue weighted by Gasteiger charge is -2.15. The molecule has 123 heavy (non-hydrogen) atoms. The number of benzene rings is 19. The maximum atomic E-state index is 3.60. The molecule has 0 heterocycles. The van der Waals surface area contributed by atoms with Gasteiger partial charge in [0, 0.05) is 176 Å². The largest absolute Gasteiger partial charge is 0.377 e. The zero-order chi connectivity index (χ0) is 83.3. The van der Waals surface area contributed by atoms with Crippen LogP contribution in [0.1, 0.15) is 100 Å². The van der Waals surface area contributed by atoms with E-state index in [1.807, 2.05) is 0 Å². The smallest absolute Gasteiger partial charge is 0.0441 e. The molecule has 0 bridgehead atoms. The van der Waals surface area contributed by atoms with Crippen molar-refractivity contribution in [1.82, 2.24) is 0 Å². The molecule has 0 aromatic heterocycles. The van der Waals surface area contributed by atoms with Gasteiger partial charge in [0.05, 0.1) is 0 Å². The Kier molecular flexibility index (Phi) is 20.7. The molecular weight excluding hydrogens is 1480 g/mol. The Hall–Kier alpha value is -17.0. The van der Waals surface area contributed by atoms with Gasteiger partial charge in [0.2, 0.25) is 0 Å². The first kappa shape index (κ1) is 76.0. The monoisotopic (exact) mass is 1560 g/mol. The lowest BCUT2D eigenvalue weighted by atomic mass is 9.97. The maximum absolute atomic E-state index is 3.60. The Morgan fingerprint density at radius 2 is 0.228 bits per heavy atom. The second-order valence-electron chi connectivity index (χ2n) is 31.0. The van der Waals surface area contributed by atoms with E-state index in [4.69, 9.17) is 0 Å². The molecule has 0 N–H and O–H groups in total. The standard InChI is InChI=1S/C120H75N3/c1-121(2)118-58-22-52-112-97(37-19-55-115(112)118)76-73-94-34-16-46-106-91(31-13-49-109(94)106)70-67-88-28-10-40-100-85(25-7-43-103(88)100)64-61-82-79-83(62-65-86-26-8-44-104-89(29-11-41-101(86)104)68-71-92-32-14-50-110-95(35-17-47-107(92)110)74-77-98-38-20-56-116-113(98)53-23-59-119(116)122(3)4)81-84(80-82)63-66-87-27-9-45-105-90(30-12-42-102(87)105)69-72-93-33-15-51-111-96(36-18-48-108(93)111)75-78-99-39-21-57-117-114(99)54-24-60-120(117)123(5)6/h7-60,79-81H,1-6H3. The summed E-state index contributed by atoms with van der Waals surface area (Å²) in [6, 6.07) is 120. The van der Waals surface area contributed by atoms with Crippen LogP contribution in [0, 0.1) is 107 Å². The third-order valence-corrected chi connectivity index (χ3v) is 22.6. The molecule has 0 aliphatic rings. The first-order chi connectivity index (χ1) is 60.5. The van der Waals surface area contributed by atoms with E-state index in [1.165, 1.54) is 16.2 Å². The summed E-state index contributed by atoms with van der Waals surface area (Å²) in [5.41, 5.74) is 19.7. The Bertz CT molecular complexity index is 7520. The van der Waals surface area contributed by atoms with Crippen molar-refractivity contribution in [3.05, 3.63) is 446 Å². The highest BCUT2D eigenvalue weighted by molar-refractivity contribution is 6.04. The van der Waals surface area contributed by atoms with Gasteiger partial charge in [-0.2, -0.15) is 0 Å². The van der Waals surface area contributed by atoms with Gasteiger partial charge in [-0.15, -0.1) is 0 Å². The Labute approximate surface area is 718 Å². The van der Waals surface area contributed by atoms with Crippen molar-refractivity contribution < 1.29 is 0 Å². The summed E-state index contributed by atoms with van der Waals surface area (Å²) in [7, 11) is 12.4. The minimum absolute atomic E-state index is 0.771. The van der Waals surface area contributed by atoms with Crippen LogP contribution in [-0.4, -0.2) is 42.3 Å². The van der Waals surface area contributed by atoms with Gasteiger partial charge >= 0.3 is 0 Å². The second-order valence-corrected chi connectivity index (χ2v) is 31.0. The normalized spacial score (nSPS) is 10.6. The van der Waals surface area contributed by atoms with Crippen molar-refractivity contribution in [2.24, 2.45) is 0 Å². The average Bonchev–Trinajstić information content (AvgIpc) is 0.799. The van der Waals surface area contributed by atoms with Gasteiger partial charge in [-0.25, -0.2) is 0 Å². The first-order valence-electron chi connectivity index (χ1n) is 41.0. The fourth-order valence-electron chi connectivity index (χ4n) is 16.6. The Morgan fingerprint density at radius 1 is 0.122 bits per heavy atom. The van der Waals surface area contributed by atoms with Gasteiger partial charge < -0.3 is 14.7 Å². The molecule has 0 unspecified atom stereocenters. The summed E-state index contributed by atoms with van der Waals surface area (Å²) in [5.74, 6) is 64.3. The number of hydrogen-bond acceptors (Lipinski definition) is 3. The zero-order valence-electron chi connectivity index (χ0n) is 68.8. The zero-order valence-corrected chi connectivity index (χ0v) is 68.8. The fraction of sp³-hybridized carbons (Fsp3) is 0.0500. The third kappa shape index (κ3) is 15.5. The summed E-state index contributed by atoms with van der Waals surface area (Å²) >= 11 is 0. The van der Waals surface area contributed by atoms with Crippen LogP contribution in [0.25, 0.3) is 97.0 Å². The van der Waals surface area contributed by atoms with Crippen LogP contribution in [-0.2, 0) is 0 Å². The van der Waals surface area contributed by atoms with E-state index in [1.54, 1.807) is 0 Å². The number of nitrogens with zero attached hydrogens (tertiary/aromatic N) is 3. The van der Waals surface area contributed by atoms with E-state index in [-0.39, 0.29) is 0 Å². The van der Waals surface area contributed by atoms with Gasteiger partial charge in [-0.05, 0) is 208 Å². The Morgan fingerprint density at radius 3 is 0.358 bits per heavy atom. The summed E-state index contributed by atoms with van der Waals surface area (Å²) in [6.07, 6.45) is 0. The molecule has 0 amide bonds. The van der Waals surface area contributed by atoms with Gasteiger partial charge in [0.1, 0.15) is 0 Å². The fourth-order valence-corrected chi connectivity index (χ4v) is 16.6. The van der Waals surface area contributed by atoms with Crippen molar-refractivity contribution >= 4 is 114 Å². The molecule has 19 rings (SSSR count). The lowest BCUT2D eigenvalue weighted by Crippen LogP contribution is -2.08. The second kappa shape index (κ2) is 33.5. The number of hydrogen-bond donors (Lipinski definition) is 0.